The molecule has 0 radical (unpaired) electrons. The number of thioether (sulfide) groups is 1. The number of aromatic nitrogens is 3. The van der Waals surface area contributed by atoms with E-state index in [1.807, 2.05) is 28.8 Å². The summed E-state index contributed by atoms with van der Waals surface area (Å²) in [6.07, 6.45) is 1.94. The molecule has 1 amide bonds. The molecule has 0 saturated carbocycles. The number of nitrogens with zero attached hydrogens (tertiary/aromatic N) is 3. The molecule has 1 saturated heterocycles. The van der Waals surface area contributed by atoms with Crippen LogP contribution < -0.4 is 10.1 Å². The van der Waals surface area contributed by atoms with Crippen LogP contribution in [0.25, 0.3) is 11.4 Å². The van der Waals surface area contributed by atoms with Gasteiger partial charge in [-0.2, -0.15) is 0 Å². The Labute approximate surface area is 223 Å². The van der Waals surface area contributed by atoms with Crippen molar-refractivity contribution in [2.45, 2.75) is 30.6 Å². The molecule has 12 heteroatoms. The second kappa shape index (κ2) is 12.6. The Kier molecular flexibility index (Phi) is 8.98. The van der Waals surface area contributed by atoms with Crippen LogP contribution in [0.2, 0.25) is 0 Å². The van der Waals surface area contributed by atoms with Gasteiger partial charge in [-0.1, -0.05) is 11.8 Å². The fourth-order valence-electron chi connectivity index (χ4n) is 4.00. The van der Waals surface area contributed by atoms with E-state index in [0.717, 1.165) is 24.2 Å². The first-order valence-corrected chi connectivity index (χ1v) is 12.8. The lowest BCUT2D eigenvalue weighted by Gasteiger charge is -2.15. The number of methoxy groups -OCH3 is 3. The normalized spacial score (nSPS) is 14.7. The lowest BCUT2D eigenvalue weighted by atomic mass is 10.1. The molecule has 0 bridgehead atoms. The fourth-order valence-corrected chi connectivity index (χ4v) is 4.75. The predicted octanol–water partition coefficient (Wildman–Crippen LogP) is 3.44. The first-order valence-electron chi connectivity index (χ1n) is 11.9. The Bertz CT molecular complexity index is 1300. The van der Waals surface area contributed by atoms with E-state index in [-0.39, 0.29) is 28.7 Å². The Hall–Kier alpha value is -3.90. The molecule has 2 aromatic carbocycles. The van der Waals surface area contributed by atoms with Gasteiger partial charge in [-0.25, -0.2) is 9.59 Å². The molecule has 1 aromatic heterocycles. The molecular formula is C26H28N4O7S. The van der Waals surface area contributed by atoms with Crippen LogP contribution >= 0.6 is 11.8 Å². The largest absolute Gasteiger partial charge is 0.497 e. The lowest BCUT2D eigenvalue weighted by molar-refractivity contribution is -0.113. The smallest absolute Gasteiger partial charge is 0.339 e. The van der Waals surface area contributed by atoms with Gasteiger partial charge in [0.05, 0.1) is 56.5 Å². The third-order valence-corrected chi connectivity index (χ3v) is 6.89. The Morgan fingerprint density at radius 1 is 1.05 bits per heavy atom. The third kappa shape index (κ3) is 6.32. The van der Waals surface area contributed by atoms with Gasteiger partial charge in [0.2, 0.25) is 5.91 Å². The molecule has 0 aliphatic carbocycles. The van der Waals surface area contributed by atoms with Gasteiger partial charge in [-0.15, -0.1) is 10.2 Å². The highest BCUT2D eigenvalue weighted by Gasteiger charge is 2.23. The zero-order valence-electron chi connectivity index (χ0n) is 21.3. The Balaban J connectivity index is 1.53. The molecule has 1 unspecified atom stereocenters. The highest BCUT2D eigenvalue weighted by atomic mass is 32.2. The van der Waals surface area contributed by atoms with E-state index >= 15 is 0 Å². The minimum Gasteiger partial charge on any atom is -0.497 e. The monoisotopic (exact) mass is 540 g/mol. The molecule has 1 N–H and O–H groups in total. The first-order chi connectivity index (χ1) is 18.4. The maximum atomic E-state index is 12.9. The van der Waals surface area contributed by atoms with Crippen LogP contribution in [-0.4, -0.2) is 72.4 Å². The van der Waals surface area contributed by atoms with Crippen molar-refractivity contribution in [2.24, 2.45) is 0 Å². The maximum Gasteiger partial charge on any atom is 0.339 e. The van der Waals surface area contributed by atoms with Gasteiger partial charge in [0, 0.05) is 12.2 Å². The van der Waals surface area contributed by atoms with Crippen LogP contribution in [0.3, 0.4) is 0 Å². The summed E-state index contributed by atoms with van der Waals surface area (Å²) in [5.41, 5.74) is 1.30. The van der Waals surface area contributed by atoms with Gasteiger partial charge < -0.3 is 24.3 Å². The molecule has 1 aliphatic heterocycles. The van der Waals surface area contributed by atoms with Crippen molar-refractivity contribution in [3.05, 3.63) is 53.6 Å². The van der Waals surface area contributed by atoms with Crippen molar-refractivity contribution < 1.29 is 33.3 Å². The highest BCUT2D eigenvalue weighted by Crippen LogP contribution is 2.28. The quantitative estimate of drug-likeness (QED) is 0.301. The Morgan fingerprint density at radius 2 is 1.82 bits per heavy atom. The molecule has 200 valence electrons. The number of amides is 1. The number of anilines is 1. The zero-order valence-corrected chi connectivity index (χ0v) is 22.1. The van der Waals surface area contributed by atoms with Gasteiger partial charge in [0.25, 0.3) is 0 Å². The average Bonchev–Trinajstić information content (AvgIpc) is 3.61. The summed E-state index contributed by atoms with van der Waals surface area (Å²) in [6, 6.07) is 11.7. The summed E-state index contributed by atoms with van der Waals surface area (Å²) >= 11 is 1.21. The van der Waals surface area contributed by atoms with Gasteiger partial charge in [-0.05, 0) is 55.3 Å². The first kappa shape index (κ1) is 27.1. The van der Waals surface area contributed by atoms with E-state index < -0.39 is 17.8 Å². The number of ether oxygens (including phenoxy) is 4. The summed E-state index contributed by atoms with van der Waals surface area (Å²) in [4.78, 5) is 37.1. The molecule has 38 heavy (non-hydrogen) atoms. The van der Waals surface area contributed by atoms with Crippen LogP contribution in [0.15, 0.2) is 47.6 Å². The molecule has 11 nitrogen and oxygen atoms in total. The van der Waals surface area contributed by atoms with Crippen LogP contribution in [0.5, 0.6) is 5.75 Å². The average molecular weight is 541 g/mol. The van der Waals surface area contributed by atoms with Gasteiger partial charge in [0.15, 0.2) is 11.0 Å². The molecule has 4 rings (SSSR count). The SMILES string of the molecule is COC(=O)c1ccc(C(=O)OC)c(NC(=O)CSc2nnc(-c3ccc(OC)cc3)n2CC2CCCO2)c1. The predicted molar refractivity (Wildman–Crippen MR) is 139 cm³/mol. The van der Waals surface area contributed by atoms with Crippen LogP contribution in [0.1, 0.15) is 33.6 Å². The number of hydrogen-bond acceptors (Lipinski definition) is 10. The van der Waals surface area contributed by atoms with Crippen molar-refractivity contribution in [3.63, 3.8) is 0 Å². The van der Waals surface area contributed by atoms with E-state index in [0.29, 0.717) is 24.1 Å². The number of carbonyl (C=O) groups excluding carboxylic acids is 3. The minimum atomic E-state index is -0.648. The zero-order chi connectivity index (χ0) is 27.1. The molecule has 1 fully saturated rings. The van der Waals surface area contributed by atoms with Gasteiger partial charge in [0.1, 0.15) is 5.75 Å². The summed E-state index contributed by atoms with van der Waals surface area (Å²) in [5.74, 6) is -0.281. The van der Waals surface area contributed by atoms with Crippen molar-refractivity contribution in [1.29, 1.82) is 0 Å². The van der Waals surface area contributed by atoms with E-state index in [9.17, 15) is 14.4 Å². The van der Waals surface area contributed by atoms with E-state index in [2.05, 4.69) is 15.5 Å². The third-order valence-electron chi connectivity index (χ3n) is 5.93. The lowest BCUT2D eigenvalue weighted by Crippen LogP contribution is -2.19. The van der Waals surface area contributed by atoms with Gasteiger partial charge in [-0.3, -0.25) is 9.36 Å². The summed E-state index contributed by atoms with van der Waals surface area (Å²) in [6.45, 7) is 1.26. The van der Waals surface area contributed by atoms with Crippen LogP contribution in [-0.2, 0) is 25.5 Å². The van der Waals surface area contributed by atoms with E-state index in [4.69, 9.17) is 18.9 Å². The molecule has 3 aromatic rings. The molecule has 1 aliphatic rings. The summed E-state index contributed by atoms with van der Waals surface area (Å²) in [5, 5.41) is 12.0. The van der Waals surface area contributed by atoms with E-state index in [1.165, 1.54) is 44.2 Å². The summed E-state index contributed by atoms with van der Waals surface area (Å²) in [7, 11) is 4.09. The highest BCUT2D eigenvalue weighted by molar-refractivity contribution is 7.99. The number of benzene rings is 2. The minimum absolute atomic E-state index is 0.0185. The second-order valence-electron chi connectivity index (χ2n) is 8.36. The van der Waals surface area contributed by atoms with E-state index in [1.54, 1.807) is 7.11 Å². The molecular weight excluding hydrogens is 512 g/mol. The van der Waals surface area contributed by atoms with Crippen LogP contribution in [0.4, 0.5) is 5.69 Å². The molecule has 0 spiro atoms. The molecule has 2 heterocycles. The Morgan fingerprint density at radius 3 is 2.47 bits per heavy atom. The standard InChI is InChI=1S/C26H28N4O7S/c1-34-18-9-6-16(7-10-18)23-28-29-26(30(23)14-19-5-4-12-37-19)38-15-22(31)27-21-13-17(24(32)35-2)8-11-20(21)25(33)36-3/h6-11,13,19H,4-5,12,14-15H2,1-3H3,(H,27,31). The van der Waals surface area contributed by atoms with Crippen molar-refractivity contribution in [2.75, 3.05) is 39.0 Å². The topological polar surface area (TPSA) is 131 Å². The number of hydrogen-bond donors (Lipinski definition) is 1. The number of carbonyl (C=O) groups is 3. The van der Waals surface area contributed by atoms with Crippen molar-refractivity contribution >= 4 is 35.3 Å². The summed E-state index contributed by atoms with van der Waals surface area (Å²) < 4.78 is 22.6. The number of rotatable bonds is 10. The van der Waals surface area contributed by atoms with Crippen LogP contribution in [0, 0.1) is 0 Å². The van der Waals surface area contributed by atoms with Gasteiger partial charge >= 0.3 is 11.9 Å². The molecule has 1 atom stereocenters. The maximum absolute atomic E-state index is 12.9. The van der Waals surface area contributed by atoms with Crippen molar-refractivity contribution in [1.82, 2.24) is 14.8 Å². The van der Waals surface area contributed by atoms with Crippen molar-refractivity contribution in [3.8, 4) is 17.1 Å². The fraction of sp³-hybridized carbons (Fsp3) is 0.346. The second-order valence-corrected chi connectivity index (χ2v) is 9.30. The number of esters is 2. The number of nitrogens with one attached hydrogen (secondary N) is 1.